The third kappa shape index (κ3) is 7.48. The minimum absolute atomic E-state index is 0.0132. The van der Waals surface area contributed by atoms with Crippen molar-refractivity contribution in [1.29, 1.82) is 0 Å². The van der Waals surface area contributed by atoms with Crippen molar-refractivity contribution in [3.05, 3.63) is 82.5 Å². The molecule has 3 N–H and O–H groups in total. The van der Waals surface area contributed by atoms with Gasteiger partial charge in [-0.3, -0.25) is 19.2 Å². The van der Waals surface area contributed by atoms with Crippen molar-refractivity contribution < 1.29 is 23.6 Å². The summed E-state index contributed by atoms with van der Waals surface area (Å²) in [5.41, 5.74) is 1.12. The predicted molar refractivity (Wildman–Crippen MR) is 154 cm³/mol. The van der Waals surface area contributed by atoms with Crippen LogP contribution >= 0.6 is 11.3 Å². The van der Waals surface area contributed by atoms with Crippen LogP contribution in [0, 0.1) is 5.92 Å². The Bertz CT molecular complexity index is 1570. The number of fused-ring (bicyclic) bond motifs is 4. The van der Waals surface area contributed by atoms with Crippen LogP contribution in [0.1, 0.15) is 63.4 Å². The first-order valence-electron chi connectivity index (χ1n) is 13.7. The smallest absolute Gasteiger partial charge is 0.273 e. The van der Waals surface area contributed by atoms with Gasteiger partial charge in [-0.25, -0.2) is 9.97 Å². The van der Waals surface area contributed by atoms with Crippen molar-refractivity contribution in [3.63, 3.8) is 0 Å². The Hall–Kier alpha value is -4.92. The lowest BCUT2D eigenvalue weighted by Gasteiger charge is -2.25. The van der Waals surface area contributed by atoms with Crippen LogP contribution in [0.5, 0.6) is 0 Å². The van der Waals surface area contributed by atoms with Crippen LogP contribution in [0.4, 0.5) is 0 Å². The predicted octanol–water partition coefficient (Wildman–Crippen LogP) is 1.52. The molecule has 0 aliphatic carbocycles. The van der Waals surface area contributed by atoms with Crippen molar-refractivity contribution in [3.8, 4) is 0 Å². The van der Waals surface area contributed by atoms with Gasteiger partial charge in [-0.1, -0.05) is 44.2 Å². The maximum Gasteiger partial charge on any atom is 0.273 e. The van der Waals surface area contributed by atoms with Gasteiger partial charge in [-0.2, -0.15) is 0 Å². The maximum absolute atomic E-state index is 13.3. The van der Waals surface area contributed by atoms with E-state index in [2.05, 4.69) is 36.1 Å². The number of oxazole rings is 1. The number of amides is 4. The van der Waals surface area contributed by atoms with Crippen LogP contribution in [-0.2, 0) is 22.6 Å². The summed E-state index contributed by atoms with van der Waals surface area (Å²) in [7, 11) is 0. The van der Waals surface area contributed by atoms with Crippen LogP contribution in [0.15, 0.2) is 59.0 Å². The molecule has 1 aliphatic rings. The monoisotopic (exact) mass is 605 g/mol. The summed E-state index contributed by atoms with van der Waals surface area (Å²) in [4.78, 5) is 62.9. The number of hydrogen-bond donors (Lipinski definition) is 3. The molecule has 4 amide bonds. The lowest BCUT2D eigenvalue weighted by molar-refractivity contribution is -0.136. The lowest BCUT2D eigenvalue weighted by atomic mass is 10.0. The largest absolute Gasteiger partial charge is 0.446 e. The Kier molecular flexibility index (Phi) is 9.20. The SMILES string of the molecule is CC(C)[C@@H]1NC(=O)CN(C(=O)Cn2cnnc2)CCNC(=O)c2coc(n2)[C@H](Cc2ccccc2)NC(=O)c2csc1n2. The molecule has 5 rings (SSSR count). The molecule has 0 radical (unpaired) electrons. The van der Waals surface area contributed by atoms with Gasteiger partial charge in [0.05, 0.1) is 12.6 Å². The van der Waals surface area contributed by atoms with Crippen molar-refractivity contribution in [1.82, 2.24) is 45.6 Å². The molecule has 1 aromatic carbocycles. The zero-order valence-corrected chi connectivity index (χ0v) is 24.4. The third-order valence-electron chi connectivity index (χ3n) is 6.78. The van der Waals surface area contributed by atoms with Gasteiger partial charge in [0.1, 0.15) is 42.2 Å². The zero-order chi connectivity index (χ0) is 30.3. The van der Waals surface area contributed by atoms with Crippen LogP contribution < -0.4 is 16.0 Å². The van der Waals surface area contributed by atoms with Crippen LogP contribution in [0.3, 0.4) is 0 Å². The van der Waals surface area contributed by atoms with Gasteiger partial charge >= 0.3 is 0 Å². The van der Waals surface area contributed by atoms with Crippen LogP contribution in [0.2, 0.25) is 0 Å². The van der Waals surface area contributed by atoms with Gasteiger partial charge in [0, 0.05) is 24.9 Å². The molecule has 0 fully saturated rings. The summed E-state index contributed by atoms with van der Waals surface area (Å²) >= 11 is 1.26. The van der Waals surface area contributed by atoms with Gasteiger partial charge < -0.3 is 29.8 Å². The molecule has 14 nitrogen and oxygen atoms in total. The highest BCUT2D eigenvalue weighted by Gasteiger charge is 2.28. The van der Waals surface area contributed by atoms with Gasteiger partial charge in [0.25, 0.3) is 11.8 Å². The molecule has 15 heteroatoms. The Labute approximate surface area is 250 Å². The normalized spacial score (nSPS) is 18.4. The summed E-state index contributed by atoms with van der Waals surface area (Å²) in [6, 6.07) is 8.32. The van der Waals surface area contributed by atoms with E-state index in [1.807, 2.05) is 44.2 Å². The molecule has 0 saturated carbocycles. The fourth-order valence-electron chi connectivity index (χ4n) is 4.52. The Morgan fingerprint density at radius 1 is 1.05 bits per heavy atom. The molecule has 4 bridgehead atoms. The number of aromatic nitrogens is 5. The highest BCUT2D eigenvalue weighted by Crippen LogP contribution is 2.26. The van der Waals surface area contributed by atoms with E-state index in [0.717, 1.165) is 5.56 Å². The molecule has 4 aromatic rings. The minimum atomic E-state index is -0.688. The average Bonchev–Trinajstić information content (AvgIpc) is 3.77. The molecule has 43 heavy (non-hydrogen) atoms. The van der Waals surface area contributed by atoms with Gasteiger partial charge in [0.15, 0.2) is 5.69 Å². The fraction of sp³-hybridized carbons (Fsp3) is 0.357. The minimum Gasteiger partial charge on any atom is -0.446 e. The van der Waals surface area contributed by atoms with E-state index >= 15 is 0 Å². The Morgan fingerprint density at radius 3 is 2.56 bits per heavy atom. The van der Waals surface area contributed by atoms with Crippen LogP contribution in [-0.4, -0.2) is 72.9 Å². The molecule has 0 saturated heterocycles. The molecule has 0 spiro atoms. The van der Waals surface area contributed by atoms with E-state index in [4.69, 9.17) is 4.42 Å². The second kappa shape index (κ2) is 13.4. The summed E-state index contributed by atoms with van der Waals surface area (Å²) in [5, 5.41) is 18.2. The number of nitrogens with one attached hydrogen (secondary N) is 3. The molecular weight excluding hydrogens is 574 g/mol. The van der Waals surface area contributed by atoms with Gasteiger partial charge in [0.2, 0.25) is 17.7 Å². The Morgan fingerprint density at radius 2 is 1.81 bits per heavy atom. The highest BCUT2D eigenvalue weighted by atomic mass is 32.1. The standard InChI is InChI=1S/C28H31N9O5S/c1-17(2)24-28-34-21(14-43-28)26(41)32-19(10-18-6-4-3-5-7-18)27-33-20(13-42-27)25(40)29-8-9-37(11-22(38)35-24)23(39)12-36-15-30-31-16-36/h3-7,13-17,19,24H,8-12H2,1-2H3,(H,29,40)(H,32,41)(H,35,38)/t19-,24-/m0/s1. The van der Waals surface area contributed by atoms with E-state index in [0.29, 0.717) is 11.4 Å². The van der Waals surface area contributed by atoms with Crippen molar-refractivity contribution in [2.75, 3.05) is 19.6 Å². The molecule has 4 heterocycles. The average molecular weight is 606 g/mol. The number of nitrogens with zero attached hydrogens (tertiary/aromatic N) is 6. The summed E-state index contributed by atoms with van der Waals surface area (Å²) < 4.78 is 7.16. The van der Waals surface area contributed by atoms with Crippen molar-refractivity contribution in [2.24, 2.45) is 5.92 Å². The summed E-state index contributed by atoms with van der Waals surface area (Å²) in [6.07, 6.45) is 4.39. The van der Waals surface area contributed by atoms with E-state index in [1.54, 1.807) is 5.38 Å². The van der Waals surface area contributed by atoms with E-state index in [9.17, 15) is 19.2 Å². The first kappa shape index (κ1) is 29.6. The molecule has 1 aliphatic heterocycles. The second-order valence-corrected chi connectivity index (χ2v) is 11.2. The number of rotatable bonds is 5. The van der Waals surface area contributed by atoms with E-state index in [-0.39, 0.29) is 55.3 Å². The molecule has 224 valence electrons. The molecule has 0 unspecified atom stereocenters. The number of hydrogen-bond acceptors (Lipinski definition) is 10. The molecular formula is C28H31N9O5S. The topological polar surface area (TPSA) is 177 Å². The number of carbonyl (C=O) groups is 4. The number of thiazole rings is 1. The summed E-state index contributed by atoms with van der Waals surface area (Å²) in [6.45, 7) is 3.63. The molecule has 2 atom stereocenters. The summed E-state index contributed by atoms with van der Waals surface area (Å²) in [5.74, 6) is -1.64. The van der Waals surface area contributed by atoms with Crippen molar-refractivity contribution >= 4 is 35.0 Å². The van der Waals surface area contributed by atoms with E-state index in [1.165, 1.54) is 39.7 Å². The quantitative estimate of drug-likeness (QED) is 0.304. The van der Waals surface area contributed by atoms with Crippen molar-refractivity contribution in [2.45, 2.75) is 38.9 Å². The zero-order valence-electron chi connectivity index (χ0n) is 23.6. The first-order valence-corrected chi connectivity index (χ1v) is 14.6. The van der Waals surface area contributed by atoms with Gasteiger partial charge in [-0.05, 0) is 11.5 Å². The lowest BCUT2D eigenvalue weighted by Crippen LogP contribution is -2.46. The van der Waals surface area contributed by atoms with Gasteiger partial charge in [-0.15, -0.1) is 21.5 Å². The van der Waals surface area contributed by atoms with Crippen LogP contribution in [0.25, 0.3) is 0 Å². The second-order valence-electron chi connectivity index (χ2n) is 10.4. The third-order valence-corrected chi connectivity index (χ3v) is 7.71. The highest BCUT2D eigenvalue weighted by molar-refractivity contribution is 7.09. The Balaban J connectivity index is 1.44. The number of benzene rings is 1. The van der Waals surface area contributed by atoms with E-state index < -0.39 is 29.8 Å². The number of carbonyl (C=O) groups excluding carboxylic acids is 4. The molecule has 3 aromatic heterocycles. The first-order chi connectivity index (χ1) is 20.8. The fourth-order valence-corrected chi connectivity index (χ4v) is 5.54. The maximum atomic E-state index is 13.3.